The van der Waals surface area contributed by atoms with Crippen LogP contribution < -0.4 is 10.6 Å². The van der Waals surface area contributed by atoms with Crippen LogP contribution in [0.4, 0.5) is 21.0 Å². The second kappa shape index (κ2) is 8.20. The van der Waals surface area contributed by atoms with Crippen LogP contribution in [0.1, 0.15) is 26.2 Å². The lowest BCUT2D eigenvalue weighted by molar-refractivity contribution is 0.168. The molecular weight excluding hydrogens is 320 g/mol. The molecule has 1 atom stereocenters. The lowest BCUT2D eigenvalue weighted by atomic mass is 10.2. The van der Waals surface area contributed by atoms with E-state index in [2.05, 4.69) is 15.5 Å². The van der Waals surface area contributed by atoms with Crippen LogP contribution in [0.25, 0.3) is 0 Å². The van der Waals surface area contributed by atoms with E-state index in [1.807, 2.05) is 4.90 Å². The molecule has 0 spiro atoms. The van der Waals surface area contributed by atoms with E-state index >= 15 is 0 Å². The Morgan fingerprint density at radius 3 is 2.36 bits per heavy atom. The first-order valence-corrected chi connectivity index (χ1v) is 8.99. The van der Waals surface area contributed by atoms with E-state index < -0.39 is 6.09 Å². The summed E-state index contributed by atoms with van der Waals surface area (Å²) in [4.78, 5) is 28.2. The van der Waals surface area contributed by atoms with Crippen LogP contribution in [0.15, 0.2) is 24.3 Å². The number of carbonyl (C=O) groups excluding carboxylic acids is 2. The number of hydrogen-bond acceptors (Lipinski definition) is 4. The van der Waals surface area contributed by atoms with E-state index in [0.717, 1.165) is 32.6 Å². The molecule has 2 saturated heterocycles. The SMILES string of the molecule is CCOC(=O)Nc1ccc(NC(=O)N2CC[C@H](N3CCCC3)C2)cc1. The zero-order valence-electron chi connectivity index (χ0n) is 14.7. The maximum absolute atomic E-state index is 12.4. The van der Waals surface area contributed by atoms with Gasteiger partial charge in [0, 0.05) is 30.5 Å². The molecule has 7 nitrogen and oxygen atoms in total. The van der Waals surface area contributed by atoms with E-state index in [1.165, 1.54) is 12.8 Å². The average Bonchev–Trinajstić information content (AvgIpc) is 3.28. The molecule has 2 aliphatic heterocycles. The van der Waals surface area contributed by atoms with Crippen molar-refractivity contribution in [1.29, 1.82) is 0 Å². The summed E-state index contributed by atoms with van der Waals surface area (Å²) >= 11 is 0. The summed E-state index contributed by atoms with van der Waals surface area (Å²) in [6, 6.07) is 7.46. The predicted molar refractivity (Wildman–Crippen MR) is 96.9 cm³/mol. The summed E-state index contributed by atoms with van der Waals surface area (Å²) in [5, 5.41) is 5.55. The molecule has 2 N–H and O–H groups in total. The first-order valence-electron chi connectivity index (χ1n) is 8.99. The lowest BCUT2D eigenvalue weighted by Gasteiger charge is -2.23. The maximum Gasteiger partial charge on any atom is 0.411 e. The largest absolute Gasteiger partial charge is 0.450 e. The third-order valence-corrected chi connectivity index (χ3v) is 4.77. The van der Waals surface area contributed by atoms with Crippen LogP contribution in [-0.4, -0.2) is 60.8 Å². The molecule has 0 unspecified atom stereocenters. The van der Waals surface area contributed by atoms with Gasteiger partial charge in [-0.2, -0.15) is 0 Å². The van der Waals surface area contributed by atoms with Gasteiger partial charge in [-0.3, -0.25) is 10.2 Å². The minimum atomic E-state index is -0.482. The van der Waals surface area contributed by atoms with Gasteiger partial charge in [0.25, 0.3) is 0 Å². The van der Waals surface area contributed by atoms with Gasteiger partial charge < -0.3 is 15.0 Å². The highest BCUT2D eigenvalue weighted by molar-refractivity contribution is 5.90. The number of likely N-dealkylation sites (tertiary alicyclic amines) is 2. The van der Waals surface area contributed by atoms with Crippen LogP contribution in [-0.2, 0) is 4.74 Å². The van der Waals surface area contributed by atoms with Gasteiger partial charge in [0.15, 0.2) is 0 Å². The molecule has 2 aliphatic rings. The number of anilines is 2. The lowest BCUT2D eigenvalue weighted by Crippen LogP contribution is -2.38. The van der Waals surface area contributed by atoms with Crippen LogP contribution >= 0.6 is 0 Å². The van der Waals surface area contributed by atoms with Crippen molar-refractivity contribution >= 4 is 23.5 Å². The molecule has 0 bridgehead atoms. The minimum Gasteiger partial charge on any atom is -0.450 e. The van der Waals surface area contributed by atoms with Crippen molar-refractivity contribution in [3.8, 4) is 0 Å². The van der Waals surface area contributed by atoms with Crippen LogP contribution in [0.5, 0.6) is 0 Å². The molecule has 2 heterocycles. The van der Waals surface area contributed by atoms with Gasteiger partial charge in [-0.25, -0.2) is 9.59 Å². The Morgan fingerprint density at radius 2 is 1.72 bits per heavy atom. The molecule has 1 aromatic rings. The van der Waals surface area contributed by atoms with Gasteiger partial charge in [0.2, 0.25) is 0 Å². The Hall–Kier alpha value is -2.28. The Kier molecular flexibility index (Phi) is 5.75. The van der Waals surface area contributed by atoms with E-state index in [9.17, 15) is 9.59 Å². The second-order valence-electron chi connectivity index (χ2n) is 6.48. The number of nitrogens with one attached hydrogen (secondary N) is 2. The van der Waals surface area contributed by atoms with E-state index in [4.69, 9.17) is 4.74 Å². The number of hydrogen-bond donors (Lipinski definition) is 2. The number of rotatable bonds is 4. The number of carbonyl (C=O) groups is 2. The van der Waals surface area contributed by atoms with Gasteiger partial charge in [-0.15, -0.1) is 0 Å². The number of benzene rings is 1. The zero-order chi connectivity index (χ0) is 17.6. The topological polar surface area (TPSA) is 73.9 Å². The fourth-order valence-electron chi connectivity index (χ4n) is 3.46. The molecule has 3 amide bonds. The normalized spacial score (nSPS) is 20.5. The molecule has 0 saturated carbocycles. The molecule has 3 rings (SSSR count). The highest BCUT2D eigenvalue weighted by Crippen LogP contribution is 2.21. The van der Waals surface area contributed by atoms with Gasteiger partial charge in [-0.1, -0.05) is 0 Å². The number of amides is 3. The monoisotopic (exact) mass is 346 g/mol. The van der Waals surface area contributed by atoms with E-state index in [0.29, 0.717) is 24.0 Å². The third kappa shape index (κ3) is 4.63. The molecule has 7 heteroatoms. The fraction of sp³-hybridized carbons (Fsp3) is 0.556. The minimum absolute atomic E-state index is 0.0622. The highest BCUT2D eigenvalue weighted by atomic mass is 16.5. The smallest absolute Gasteiger partial charge is 0.411 e. The zero-order valence-corrected chi connectivity index (χ0v) is 14.7. The van der Waals surface area contributed by atoms with Crippen molar-refractivity contribution in [1.82, 2.24) is 9.80 Å². The molecule has 1 aromatic carbocycles. The van der Waals surface area contributed by atoms with Crippen LogP contribution in [0, 0.1) is 0 Å². The van der Waals surface area contributed by atoms with Crippen molar-refractivity contribution in [2.45, 2.75) is 32.2 Å². The summed E-state index contributed by atoms with van der Waals surface area (Å²) in [5.74, 6) is 0. The van der Waals surface area contributed by atoms with Crippen molar-refractivity contribution < 1.29 is 14.3 Å². The number of nitrogens with zero attached hydrogens (tertiary/aromatic N) is 2. The number of urea groups is 1. The second-order valence-corrected chi connectivity index (χ2v) is 6.48. The summed E-state index contributed by atoms with van der Waals surface area (Å²) in [6.07, 6.45) is 3.11. The summed E-state index contributed by atoms with van der Waals surface area (Å²) < 4.78 is 4.83. The van der Waals surface area contributed by atoms with E-state index in [-0.39, 0.29) is 6.03 Å². The Morgan fingerprint density at radius 1 is 1.08 bits per heavy atom. The summed E-state index contributed by atoms with van der Waals surface area (Å²) in [7, 11) is 0. The van der Waals surface area contributed by atoms with Gasteiger partial charge >= 0.3 is 12.1 Å². The Balaban J connectivity index is 1.48. The first-order chi connectivity index (χ1) is 12.2. The highest BCUT2D eigenvalue weighted by Gasteiger charge is 2.31. The van der Waals surface area contributed by atoms with Gasteiger partial charge in [0.05, 0.1) is 6.61 Å². The molecule has 0 aromatic heterocycles. The van der Waals surface area contributed by atoms with Crippen LogP contribution in [0.3, 0.4) is 0 Å². The maximum atomic E-state index is 12.4. The van der Waals surface area contributed by atoms with Gasteiger partial charge in [0.1, 0.15) is 0 Å². The summed E-state index contributed by atoms with van der Waals surface area (Å²) in [5.41, 5.74) is 1.34. The molecule has 2 fully saturated rings. The first kappa shape index (κ1) is 17.5. The van der Waals surface area contributed by atoms with Crippen molar-refractivity contribution in [3.63, 3.8) is 0 Å². The predicted octanol–water partition coefficient (Wildman–Crippen LogP) is 2.96. The van der Waals surface area contributed by atoms with E-state index in [1.54, 1.807) is 31.2 Å². The van der Waals surface area contributed by atoms with Crippen molar-refractivity contribution in [2.24, 2.45) is 0 Å². The third-order valence-electron chi connectivity index (χ3n) is 4.77. The number of ether oxygens (including phenoxy) is 1. The Labute approximate surface area is 148 Å². The molecule has 136 valence electrons. The fourth-order valence-corrected chi connectivity index (χ4v) is 3.46. The molecule has 0 radical (unpaired) electrons. The average molecular weight is 346 g/mol. The standard InChI is InChI=1S/C18H26N4O3/c1-2-25-18(24)20-15-7-5-14(6-8-15)19-17(23)22-12-9-16(13-22)21-10-3-4-11-21/h5-8,16H,2-4,9-13H2,1H3,(H,19,23)(H,20,24)/t16-/m0/s1. The quantitative estimate of drug-likeness (QED) is 0.879. The molecular formula is C18H26N4O3. The molecule has 25 heavy (non-hydrogen) atoms. The van der Waals surface area contributed by atoms with Crippen molar-refractivity contribution in [3.05, 3.63) is 24.3 Å². The van der Waals surface area contributed by atoms with Gasteiger partial charge in [-0.05, 0) is 63.5 Å². The molecule has 0 aliphatic carbocycles. The van der Waals surface area contributed by atoms with Crippen LogP contribution in [0.2, 0.25) is 0 Å². The van der Waals surface area contributed by atoms with Crippen molar-refractivity contribution in [2.75, 3.05) is 43.4 Å². The summed E-state index contributed by atoms with van der Waals surface area (Å²) in [6.45, 7) is 6.01. The Bertz CT molecular complexity index is 599.